The molecule has 0 aromatic heterocycles. The van der Waals surface area contributed by atoms with E-state index in [0.29, 0.717) is 0 Å². The van der Waals surface area contributed by atoms with E-state index in [1.54, 1.807) is 0 Å². The van der Waals surface area contributed by atoms with Crippen molar-refractivity contribution in [2.24, 2.45) is 0 Å². The molecule has 1 heterocycles. The van der Waals surface area contributed by atoms with E-state index in [4.69, 9.17) is 0 Å². The molecule has 0 spiro atoms. The van der Waals surface area contributed by atoms with Gasteiger partial charge in [0.2, 0.25) is 10.0 Å². The zero-order chi connectivity index (χ0) is 19.8. The first-order chi connectivity index (χ1) is 12.6. The maximum atomic E-state index is 12.9. The first-order valence-electron chi connectivity index (χ1n) is 8.50. The second-order valence-corrected chi connectivity index (χ2v) is 10.6. The van der Waals surface area contributed by atoms with Gasteiger partial charge >= 0.3 is 11.8 Å². The van der Waals surface area contributed by atoms with E-state index in [-0.39, 0.29) is 42.0 Å². The van der Waals surface area contributed by atoms with Crippen molar-refractivity contribution in [3.05, 3.63) is 24.3 Å². The number of sulfone groups is 1. The quantitative estimate of drug-likeness (QED) is 0.643. The summed E-state index contributed by atoms with van der Waals surface area (Å²) in [6, 6.07) is 5.50. The van der Waals surface area contributed by atoms with Crippen molar-refractivity contribution in [1.29, 1.82) is 0 Å². The predicted octanol–water partition coefficient (Wildman–Crippen LogP) is -0.798. The molecule has 0 unspecified atom stereocenters. The van der Waals surface area contributed by atoms with E-state index in [1.165, 1.54) is 29.2 Å². The van der Waals surface area contributed by atoms with Crippen LogP contribution in [0.2, 0.25) is 0 Å². The van der Waals surface area contributed by atoms with Crippen LogP contribution in [0.25, 0.3) is 0 Å². The van der Waals surface area contributed by atoms with Crippen molar-refractivity contribution in [1.82, 2.24) is 14.5 Å². The lowest BCUT2D eigenvalue weighted by molar-refractivity contribution is -0.146. The fourth-order valence-corrected chi connectivity index (χ4v) is 5.88. The van der Waals surface area contributed by atoms with Crippen LogP contribution in [-0.4, -0.2) is 76.3 Å². The molecule has 2 aliphatic rings. The SMILES string of the molecule is CS(=O)(=O)c1ccccc1S(=O)(=O)N1CCN(C(=O)C(=O)NC2CC2)CC1. The van der Waals surface area contributed by atoms with Gasteiger partial charge in [0.1, 0.15) is 4.90 Å². The molecule has 2 amide bonds. The first kappa shape index (κ1) is 19.8. The average molecular weight is 415 g/mol. The third-order valence-electron chi connectivity index (χ3n) is 4.50. The number of benzene rings is 1. The second kappa shape index (κ2) is 7.21. The molecule has 1 aliphatic heterocycles. The third-order valence-corrected chi connectivity index (χ3v) is 7.74. The minimum absolute atomic E-state index is 0.0110. The summed E-state index contributed by atoms with van der Waals surface area (Å²) >= 11 is 0. The summed E-state index contributed by atoms with van der Waals surface area (Å²) in [5.74, 6) is -1.34. The van der Waals surface area contributed by atoms with E-state index in [9.17, 15) is 26.4 Å². The number of hydrogen-bond acceptors (Lipinski definition) is 6. The highest BCUT2D eigenvalue weighted by Crippen LogP contribution is 2.25. The molecule has 1 aliphatic carbocycles. The Morgan fingerprint density at radius 1 is 0.963 bits per heavy atom. The van der Waals surface area contributed by atoms with Crippen molar-refractivity contribution in [3.8, 4) is 0 Å². The van der Waals surface area contributed by atoms with E-state index >= 15 is 0 Å². The topological polar surface area (TPSA) is 121 Å². The molecule has 148 valence electrons. The highest BCUT2D eigenvalue weighted by molar-refractivity contribution is 7.93. The molecule has 0 atom stereocenters. The molecule has 0 bridgehead atoms. The highest BCUT2D eigenvalue weighted by atomic mass is 32.2. The van der Waals surface area contributed by atoms with Gasteiger partial charge in [0.05, 0.1) is 4.90 Å². The highest BCUT2D eigenvalue weighted by Gasteiger charge is 2.35. The first-order valence-corrected chi connectivity index (χ1v) is 11.8. The molecule has 3 rings (SSSR count). The maximum Gasteiger partial charge on any atom is 0.311 e. The number of sulfonamides is 1. The number of carbonyl (C=O) groups excluding carboxylic acids is 2. The van der Waals surface area contributed by atoms with Gasteiger partial charge in [-0.2, -0.15) is 4.31 Å². The van der Waals surface area contributed by atoms with Crippen LogP contribution in [0.5, 0.6) is 0 Å². The Balaban J connectivity index is 1.72. The molecule has 1 N–H and O–H groups in total. The Kier molecular flexibility index (Phi) is 5.28. The summed E-state index contributed by atoms with van der Waals surface area (Å²) in [6.45, 7) is 0.111. The smallest absolute Gasteiger partial charge is 0.311 e. The standard InChI is InChI=1S/C16H21N3O6S2/c1-26(22,23)13-4-2-3-5-14(13)27(24,25)19-10-8-18(9-11-19)16(21)15(20)17-12-6-7-12/h2-5,12H,6-11H2,1H3,(H,17,20). The lowest BCUT2D eigenvalue weighted by atomic mass is 10.3. The van der Waals surface area contributed by atoms with E-state index < -0.39 is 31.7 Å². The van der Waals surface area contributed by atoms with Crippen molar-refractivity contribution >= 4 is 31.7 Å². The van der Waals surface area contributed by atoms with Crippen LogP contribution in [0.3, 0.4) is 0 Å². The minimum Gasteiger partial charge on any atom is -0.345 e. The van der Waals surface area contributed by atoms with Gasteiger partial charge in [-0.25, -0.2) is 16.8 Å². The number of carbonyl (C=O) groups is 2. The summed E-state index contributed by atoms with van der Waals surface area (Å²) in [4.78, 5) is 24.8. The van der Waals surface area contributed by atoms with Gasteiger partial charge in [-0.1, -0.05) is 12.1 Å². The van der Waals surface area contributed by atoms with Crippen molar-refractivity contribution < 1.29 is 26.4 Å². The Bertz CT molecular complexity index is 962. The second-order valence-electron chi connectivity index (χ2n) is 6.66. The van der Waals surface area contributed by atoms with Crippen molar-refractivity contribution in [2.75, 3.05) is 32.4 Å². The van der Waals surface area contributed by atoms with Crippen LogP contribution in [0.1, 0.15) is 12.8 Å². The molecule has 11 heteroatoms. The fraction of sp³-hybridized carbons (Fsp3) is 0.500. The number of hydrogen-bond donors (Lipinski definition) is 1. The summed E-state index contributed by atoms with van der Waals surface area (Å²) in [5, 5.41) is 2.61. The van der Waals surface area contributed by atoms with Crippen molar-refractivity contribution in [3.63, 3.8) is 0 Å². The Morgan fingerprint density at radius 2 is 1.52 bits per heavy atom. The average Bonchev–Trinajstić information content (AvgIpc) is 3.44. The largest absolute Gasteiger partial charge is 0.345 e. The summed E-state index contributed by atoms with van der Waals surface area (Å²) in [5.41, 5.74) is 0. The summed E-state index contributed by atoms with van der Waals surface area (Å²) < 4.78 is 50.8. The molecular weight excluding hydrogens is 394 g/mol. The van der Waals surface area contributed by atoms with Gasteiger partial charge in [-0.05, 0) is 25.0 Å². The molecule has 2 fully saturated rings. The summed E-state index contributed by atoms with van der Waals surface area (Å²) in [6.07, 6.45) is 2.69. The normalized spacial score (nSPS) is 18.9. The number of nitrogens with zero attached hydrogens (tertiary/aromatic N) is 2. The van der Waals surface area contributed by atoms with Crippen LogP contribution in [-0.2, 0) is 29.4 Å². The van der Waals surface area contributed by atoms with Gasteiger partial charge in [-0.3, -0.25) is 9.59 Å². The van der Waals surface area contributed by atoms with Crippen LogP contribution in [0.4, 0.5) is 0 Å². The van der Waals surface area contributed by atoms with Crippen LogP contribution >= 0.6 is 0 Å². The zero-order valence-electron chi connectivity index (χ0n) is 14.8. The molecule has 0 radical (unpaired) electrons. The van der Waals surface area contributed by atoms with E-state index in [1.807, 2.05) is 0 Å². The number of amides is 2. The Morgan fingerprint density at radius 3 is 2.04 bits per heavy atom. The number of nitrogens with one attached hydrogen (secondary N) is 1. The Hall–Kier alpha value is -1.98. The van der Waals surface area contributed by atoms with Gasteiger partial charge in [-0.15, -0.1) is 0 Å². The number of rotatable bonds is 4. The molecular formula is C16H21N3O6S2. The summed E-state index contributed by atoms with van der Waals surface area (Å²) in [7, 11) is -7.76. The fourth-order valence-electron chi connectivity index (χ4n) is 2.86. The molecule has 1 saturated carbocycles. The lowest BCUT2D eigenvalue weighted by Crippen LogP contribution is -2.54. The zero-order valence-corrected chi connectivity index (χ0v) is 16.4. The van der Waals surface area contributed by atoms with Gasteiger partial charge in [0.25, 0.3) is 0 Å². The van der Waals surface area contributed by atoms with Crippen LogP contribution < -0.4 is 5.32 Å². The molecule has 9 nitrogen and oxygen atoms in total. The number of piperazine rings is 1. The minimum atomic E-state index is -4.04. The van der Waals surface area contributed by atoms with Crippen LogP contribution in [0.15, 0.2) is 34.1 Å². The molecule has 1 aromatic rings. The van der Waals surface area contributed by atoms with Crippen molar-refractivity contribution in [2.45, 2.75) is 28.7 Å². The van der Waals surface area contributed by atoms with Gasteiger partial charge in [0.15, 0.2) is 9.84 Å². The van der Waals surface area contributed by atoms with Crippen LogP contribution in [0, 0.1) is 0 Å². The lowest BCUT2D eigenvalue weighted by Gasteiger charge is -2.33. The van der Waals surface area contributed by atoms with E-state index in [2.05, 4.69) is 5.32 Å². The van der Waals surface area contributed by atoms with Gasteiger partial charge in [0, 0.05) is 38.5 Å². The third kappa shape index (κ3) is 4.30. The predicted molar refractivity (Wildman–Crippen MR) is 96.1 cm³/mol. The molecule has 27 heavy (non-hydrogen) atoms. The Labute approximate surface area is 158 Å². The monoisotopic (exact) mass is 415 g/mol. The van der Waals surface area contributed by atoms with Gasteiger partial charge < -0.3 is 10.2 Å². The molecule has 1 aromatic carbocycles. The maximum absolute atomic E-state index is 12.9. The van der Waals surface area contributed by atoms with E-state index in [0.717, 1.165) is 23.4 Å². The molecule has 1 saturated heterocycles.